The fourth-order valence-corrected chi connectivity index (χ4v) is 2.89. The number of hydrogen-bond donors (Lipinski definition) is 0. The van der Waals surface area contributed by atoms with Crippen molar-refractivity contribution < 1.29 is 65.7 Å². The summed E-state index contributed by atoms with van der Waals surface area (Å²) in [6.07, 6.45) is 11.5. The van der Waals surface area contributed by atoms with Crippen molar-refractivity contribution in [3.8, 4) is 0 Å². The minimum Gasteiger partial charge on any atom is -0.726 e. The molecule has 0 aliphatic heterocycles. The van der Waals surface area contributed by atoms with E-state index in [-0.39, 0.29) is 36.2 Å². The van der Waals surface area contributed by atoms with Crippen molar-refractivity contribution in [1.82, 2.24) is 0 Å². The molecule has 30 heavy (non-hydrogen) atoms. The molecule has 0 amide bonds. The van der Waals surface area contributed by atoms with E-state index in [1.165, 1.54) is 44.9 Å². The molecule has 0 heterocycles. The fourth-order valence-electron chi connectivity index (χ4n) is 2.57. The molecule has 0 rings (SSSR count). The van der Waals surface area contributed by atoms with Crippen LogP contribution in [0.1, 0.15) is 71.1 Å². The molecule has 0 aromatic rings. The van der Waals surface area contributed by atoms with E-state index in [1.54, 1.807) is 0 Å². The molecule has 0 aliphatic rings. The van der Waals surface area contributed by atoms with Crippen molar-refractivity contribution in [3.05, 3.63) is 0 Å². The summed E-state index contributed by atoms with van der Waals surface area (Å²) in [4.78, 5) is 0. The molecule has 0 fully saturated rings. The maximum atomic E-state index is 10.2. The summed E-state index contributed by atoms with van der Waals surface area (Å²) in [6.45, 7) is 6.60. The van der Waals surface area contributed by atoms with Gasteiger partial charge in [-0.25, -0.2) is 8.42 Å². The second-order valence-corrected chi connectivity index (χ2v) is 7.91. The van der Waals surface area contributed by atoms with Crippen LogP contribution < -0.4 is 29.6 Å². The van der Waals surface area contributed by atoms with Crippen LogP contribution in [0, 0.1) is 0 Å². The third kappa shape index (κ3) is 30.9. The predicted octanol–water partition coefficient (Wildman–Crippen LogP) is 0.455. The minimum atomic E-state index is -4.58. The number of unbranched alkanes of at least 4 members (excludes halogenated alkanes) is 8. The van der Waals surface area contributed by atoms with Crippen LogP contribution in [-0.2, 0) is 33.5 Å². The monoisotopic (exact) mass is 464 g/mol. The largest absolute Gasteiger partial charge is 1.00 e. The molecule has 0 aromatic heterocycles. The van der Waals surface area contributed by atoms with E-state index in [9.17, 15) is 13.0 Å². The SMILES string of the molecule is CCCCCCCCCCOCCOCCOCCOCCCCOS(=O)(=O)[O-].[Na+]. The van der Waals surface area contributed by atoms with Gasteiger partial charge in [-0.1, -0.05) is 51.9 Å². The van der Waals surface area contributed by atoms with E-state index in [4.69, 9.17) is 18.9 Å². The van der Waals surface area contributed by atoms with Gasteiger partial charge in [0.25, 0.3) is 0 Å². The molecular weight excluding hydrogens is 423 g/mol. The molecule has 0 saturated heterocycles. The van der Waals surface area contributed by atoms with Gasteiger partial charge in [0, 0.05) is 13.2 Å². The molecular formula is C20H41NaO8S. The Balaban J connectivity index is 0. The molecule has 0 atom stereocenters. The quantitative estimate of drug-likeness (QED) is 0.0878. The van der Waals surface area contributed by atoms with E-state index in [2.05, 4.69) is 11.1 Å². The van der Waals surface area contributed by atoms with Crippen molar-refractivity contribution >= 4 is 10.4 Å². The molecule has 8 nitrogen and oxygen atoms in total. The van der Waals surface area contributed by atoms with Crippen molar-refractivity contribution in [1.29, 1.82) is 0 Å². The molecule has 0 saturated carbocycles. The number of rotatable bonds is 24. The molecule has 0 aliphatic carbocycles. The summed E-state index contributed by atoms with van der Waals surface area (Å²) in [6, 6.07) is 0. The van der Waals surface area contributed by atoms with Crippen LogP contribution in [0.3, 0.4) is 0 Å². The molecule has 0 bridgehead atoms. The van der Waals surface area contributed by atoms with Gasteiger partial charge < -0.3 is 23.5 Å². The summed E-state index contributed by atoms with van der Waals surface area (Å²) < 4.78 is 56.4. The van der Waals surface area contributed by atoms with Crippen LogP contribution in [-0.4, -0.2) is 72.4 Å². The smallest absolute Gasteiger partial charge is 0.726 e. The van der Waals surface area contributed by atoms with E-state index >= 15 is 0 Å². The van der Waals surface area contributed by atoms with E-state index in [0.717, 1.165) is 13.0 Å². The van der Waals surface area contributed by atoms with Gasteiger partial charge >= 0.3 is 29.6 Å². The van der Waals surface area contributed by atoms with Gasteiger partial charge in [0.1, 0.15) is 0 Å². The van der Waals surface area contributed by atoms with Crippen LogP contribution in [0.2, 0.25) is 0 Å². The van der Waals surface area contributed by atoms with Gasteiger partial charge in [0.15, 0.2) is 0 Å². The zero-order chi connectivity index (χ0) is 21.5. The van der Waals surface area contributed by atoms with Gasteiger partial charge in [-0.05, 0) is 19.3 Å². The average molecular weight is 465 g/mol. The van der Waals surface area contributed by atoms with Gasteiger partial charge in [-0.15, -0.1) is 0 Å². The zero-order valence-corrected chi connectivity index (χ0v) is 21.9. The minimum absolute atomic E-state index is 0. The molecule has 0 radical (unpaired) electrons. The van der Waals surface area contributed by atoms with Crippen LogP contribution in [0.4, 0.5) is 0 Å². The first-order chi connectivity index (χ1) is 14.1. The van der Waals surface area contributed by atoms with E-state index in [1.807, 2.05) is 0 Å². The van der Waals surface area contributed by atoms with E-state index < -0.39 is 10.4 Å². The second-order valence-electron chi connectivity index (χ2n) is 6.86. The Morgan fingerprint density at radius 2 is 0.867 bits per heavy atom. The Labute approximate surface area is 205 Å². The third-order valence-electron chi connectivity index (χ3n) is 4.17. The zero-order valence-electron chi connectivity index (χ0n) is 19.1. The molecule has 0 unspecified atom stereocenters. The normalized spacial score (nSPS) is 11.5. The Kier molecular flexibility index (Phi) is 28.5. The van der Waals surface area contributed by atoms with Crippen LogP contribution in [0.5, 0.6) is 0 Å². The fraction of sp³-hybridized carbons (Fsp3) is 1.00. The Bertz CT molecular complexity index is 423. The summed E-state index contributed by atoms with van der Waals surface area (Å²) in [5, 5.41) is 0. The third-order valence-corrected chi connectivity index (χ3v) is 4.62. The van der Waals surface area contributed by atoms with Gasteiger partial charge in [-0.2, -0.15) is 0 Å². The molecule has 0 spiro atoms. The predicted molar refractivity (Wildman–Crippen MR) is 111 cm³/mol. The van der Waals surface area contributed by atoms with Gasteiger partial charge in [0.2, 0.25) is 10.4 Å². The summed E-state index contributed by atoms with van der Waals surface area (Å²) in [5.74, 6) is 0. The maximum absolute atomic E-state index is 10.2. The number of ether oxygens (including phenoxy) is 4. The molecule has 10 heteroatoms. The van der Waals surface area contributed by atoms with Crippen molar-refractivity contribution in [2.24, 2.45) is 0 Å². The second kappa shape index (κ2) is 26.0. The Hall–Kier alpha value is 0.710. The maximum Gasteiger partial charge on any atom is 1.00 e. The van der Waals surface area contributed by atoms with E-state index in [0.29, 0.717) is 59.1 Å². The van der Waals surface area contributed by atoms with Crippen LogP contribution in [0.15, 0.2) is 0 Å². The topological polar surface area (TPSA) is 103 Å². The first kappa shape index (κ1) is 32.9. The molecule has 0 aromatic carbocycles. The summed E-state index contributed by atoms with van der Waals surface area (Å²) in [7, 11) is -4.58. The molecule has 0 N–H and O–H groups in total. The first-order valence-electron chi connectivity index (χ1n) is 11.0. The van der Waals surface area contributed by atoms with Crippen molar-refractivity contribution in [3.63, 3.8) is 0 Å². The summed E-state index contributed by atoms with van der Waals surface area (Å²) >= 11 is 0. The molecule has 176 valence electrons. The first-order valence-corrected chi connectivity index (χ1v) is 12.3. The Morgan fingerprint density at radius 1 is 0.533 bits per heavy atom. The average Bonchev–Trinajstić information content (AvgIpc) is 2.67. The number of hydrogen-bond acceptors (Lipinski definition) is 8. The van der Waals surface area contributed by atoms with Gasteiger partial charge in [0.05, 0.1) is 46.2 Å². The Morgan fingerprint density at radius 3 is 1.30 bits per heavy atom. The van der Waals surface area contributed by atoms with Crippen LogP contribution >= 0.6 is 0 Å². The standard InChI is InChI=1S/C20H42O8S.Na/c1-2-3-4-5-6-7-8-9-12-24-15-17-26-19-20-27-18-16-25-13-10-11-14-28-29(21,22)23;/h2-20H2,1H3,(H,21,22,23);/q;+1/p-1. The summed E-state index contributed by atoms with van der Waals surface area (Å²) in [5.41, 5.74) is 0. The van der Waals surface area contributed by atoms with Gasteiger partial charge in [-0.3, -0.25) is 4.18 Å². The van der Waals surface area contributed by atoms with Crippen molar-refractivity contribution in [2.45, 2.75) is 71.1 Å². The van der Waals surface area contributed by atoms with Crippen molar-refractivity contribution in [2.75, 3.05) is 59.5 Å². The van der Waals surface area contributed by atoms with Crippen LogP contribution in [0.25, 0.3) is 0 Å².